The molecule has 0 aliphatic carbocycles. The number of amides is 2. The molecule has 190 valence electrons. The number of ether oxygens (including phenoxy) is 1. The van der Waals surface area contributed by atoms with E-state index in [9.17, 15) is 9.59 Å². The number of hydrogen-bond acceptors (Lipinski definition) is 5. The first-order chi connectivity index (χ1) is 16.6. The number of benzene rings is 2. The van der Waals surface area contributed by atoms with Crippen molar-refractivity contribution in [1.29, 1.82) is 10.7 Å². The van der Waals surface area contributed by atoms with E-state index in [4.69, 9.17) is 38.6 Å². The summed E-state index contributed by atoms with van der Waals surface area (Å²) in [7, 11) is 0. The van der Waals surface area contributed by atoms with E-state index in [0.717, 1.165) is 0 Å². The summed E-state index contributed by atoms with van der Waals surface area (Å²) in [5.74, 6) is -0.617. The predicted molar refractivity (Wildman–Crippen MR) is 141 cm³/mol. The molecule has 3 N–H and O–H groups in total. The van der Waals surface area contributed by atoms with Crippen molar-refractivity contribution in [2.45, 2.75) is 50.8 Å². The first-order valence-corrected chi connectivity index (χ1v) is 12.0. The molecule has 2 saturated heterocycles. The van der Waals surface area contributed by atoms with Gasteiger partial charge in [0.1, 0.15) is 0 Å². The summed E-state index contributed by atoms with van der Waals surface area (Å²) in [6, 6.07) is 11.4. The summed E-state index contributed by atoms with van der Waals surface area (Å²) in [4.78, 5) is 27.6. The van der Waals surface area contributed by atoms with Crippen LogP contribution in [0.3, 0.4) is 0 Å². The van der Waals surface area contributed by atoms with Crippen molar-refractivity contribution < 1.29 is 14.3 Å². The molecule has 0 unspecified atom stereocenters. The third kappa shape index (κ3) is 5.60. The van der Waals surface area contributed by atoms with Crippen LogP contribution in [0.4, 0.5) is 5.69 Å². The molecule has 4 rings (SSSR count). The van der Waals surface area contributed by atoms with Gasteiger partial charge in [0, 0.05) is 23.2 Å². The second-order valence-electron chi connectivity index (χ2n) is 9.07. The van der Waals surface area contributed by atoms with Crippen molar-refractivity contribution in [1.82, 2.24) is 10.2 Å². The van der Waals surface area contributed by atoms with Crippen LogP contribution < -0.4 is 10.6 Å². The van der Waals surface area contributed by atoms with E-state index in [2.05, 4.69) is 10.6 Å². The second kappa shape index (κ2) is 11.1. The normalized spacial score (nSPS) is 23.8. The minimum Gasteiger partial charge on any atom is -0.378 e. The van der Waals surface area contributed by atoms with Gasteiger partial charge < -0.3 is 15.4 Å². The maximum atomic E-state index is 13.2. The van der Waals surface area contributed by atoms with Crippen molar-refractivity contribution in [3.05, 3.63) is 63.1 Å². The molecule has 2 aliphatic rings. The molecule has 2 heterocycles. The maximum Gasteiger partial charge on any atom is 0.255 e. The smallest absolute Gasteiger partial charge is 0.255 e. The van der Waals surface area contributed by atoms with Crippen LogP contribution in [0, 0.1) is 16.7 Å². The molecule has 2 fully saturated rings. The van der Waals surface area contributed by atoms with Crippen LogP contribution in [-0.4, -0.2) is 41.4 Å². The maximum absolute atomic E-state index is 13.2. The Morgan fingerprint density at radius 2 is 2.08 bits per heavy atom. The molecule has 2 aromatic carbocycles. The number of guanidine groups is 1. The zero-order chi connectivity index (χ0) is 25.3. The molecule has 2 aliphatic heterocycles. The molecule has 36 heavy (non-hydrogen) atoms. The molecule has 2 aromatic rings. The highest BCUT2D eigenvalue weighted by Crippen LogP contribution is 2.38. The SMILES string of the molecule is C[C@@H]1C[C@H](N2C(=N)N[C@](C)(c3cccc(NC(=O)c4cc(Cl)cc(C#N)c4)c3Cl)CC2=O)CCO1.Cl. The molecule has 0 saturated carbocycles. The lowest BCUT2D eigenvalue weighted by Crippen LogP contribution is -2.63. The van der Waals surface area contributed by atoms with Crippen molar-refractivity contribution in [2.75, 3.05) is 11.9 Å². The summed E-state index contributed by atoms with van der Waals surface area (Å²) >= 11 is 12.7. The van der Waals surface area contributed by atoms with E-state index in [1.165, 1.54) is 23.1 Å². The fraction of sp³-hybridized carbons (Fsp3) is 0.360. The highest BCUT2D eigenvalue weighted by molar-refractivity contribution is 6.35. The molecule has 0 aromatic heterocycles. The molecule has 0 radical (unpaired) electrons. The Hall–Kier alpha value is -2.83. The minimum atomic E-state index is -0.941. The first kappa shape index (κ1) is 27.8. The molecular formula is C25H26Cl3N5O3. The van der Waals surface area contributed by atoms with E-state index in [1.807, 2.05) is 19.9 Å². The molecule has 3 atom stereocenters. The number of rotatable bonds is 4. The molecule has 0 spiro atoms. The Bertz CT molecular complexity index is 1230. The van der Waals surface area contributed by atoms with Gasteiger partial charge in [-0.1, -0.05) is 35.3 Å². The van der Waals surface area contributed by atoms with Crippen LogP contribution in [0.15, 0.2) is 36.4 Å². The lowest BCUT2D eigenvalue weighted by Gasteiger charge is -2.45. The zero-order valence-electron chi connectivity index (χ0n) is 19.7. The van der Waals surface area contributed by atoms with Crippen LogP contribution in [0.5, 0.6) is 0 Å². The molecular weight excluding hydrogens is 525 g/mol. The van der Waals surface area contributed by atoms with Gasteiger partial charge in [-0.05, 0) is 56.5 Å². The lowest BCUT2D eigenvalue weighted by atomic mass is 9.85. The topological polar surface area (TPSA) is 118 Å². The number of anilines is 1. The minimum absolute atomic E-state index is 0. The predicted octanol–water partition coefficient (Wildman–Crippen LogP) is 5.08. The van der Waals surface area contributed by atoms with Crippen molar-refractivity contribution >= 4 is 59.1 Å². The van der Waals surface area contributed by atoms with Gasteiger partial charge in [0.15, 0.2) is 5.96 Å². The summed E-state index contributed by atoms with van der Waals surface area (Å²) in [6.07, 6.45) is 1.47. The highest BCUT2D eigenvalue weighted by atomic mass is 35.5. The van der Waals surface area contributed by atoms with Crippen molar-refractivity contribution in [2.24, 2.45) is 0 Å². The standard InChI is InChI=1S/C25H25Cl2N5O3.ClH/c1-14-8-18(6-7-35-14)32-21(33)12-25(2,31-24(32)29)19-4-3-5-20(22(19)27)30-23(34)16-9-15(13-28)10-17(26)11-16;/h3-5,9-11,14,18H,6-8,12H2,1-2H3,(H2,29,31)(H,30,34);1H/t14-,18-,25+;/m1./s1. The number of nitrogens with one attached hydrogen (secondary N) is 3. The van der Waals surface area contributed by atoms with Gasteiger partial charge in [0.2, 0.25) is 5.91 Å². The summed E-state index contributed by atoms with van der Waals surface area (Å²) in [6.45, 7) is 4.33. The zero-order valence-corrected chi connectivity index (χ0v) is 22.1. The highest BCUT2D eigenvalue weighted by Gasteiger charge is 2.43. The van der Waals surface area contributed by atoms with E-state index >= 15 is 0 Å². The van der Waals surface area contributed by atoms with E-state index < -0.39 is 11.4 Å². The number of halogens is 3. The van der Waals surface area contributed by atoms with Gasteiger partial charge in [-0.25, -0.2) is 0 Å². The van der Waals surface area contributed by atoms with Crippen LogP contribution in [0.2, 0.25) is 10.0 Å². The average Bonchev–Trinajstić information content (AvgIpc) is 2.79. The Kier molecular flexibility index (Phi) is 8.52. The van der Waals surface area contributed by atoms with Crippen LogP contribution in [0.1, 0.15) is 54.6 Å². The second-order valence-corrected chi connectivity index (χ2v) is 9.88. The Balaban J connectivity index is 0.00000361. The quantitative estimate of drug-likeness (QED) is 0.491. The molecule has 8 nitrogen and oxygen atoms in total. The average molecular weight is 551 g/mol. The van der Waals surface area contributed by atoms with Gasteiger partial charge in [-0.3, -0.25) is 19.9 Å². The molecule has 11 heteroatoms. The van der Waals surface area contributed by atoms with Gasteiger partial charge in [0.05, 0.1) is 40.4 Å². The third-order valence-electron chi connectivity index (χ3n) is 6.36. The largest absolute Gasteiger partial charge is 0.378 e. The van der Waals surface area contributed by atoms with Crippen LogP contribution >= 0.6 is 35.6 Å². The number of carbonyl (C=O) groups excluding carboxylic acids is 2. The van der Waals surface area contributed by atoms with E-state index in [0.29, 0.717) is 30.7 Å². The Morgan fingerprint density at radius 3 is 2.75 bits per heavy atom. The summed E-state index contributed by atoms with van der Waals surface area (Å²) in [5, 5.41) is 24.2. The van der Waals surface area contributed by atoms with Crippen molar-refractivity contribution in [3.8, 4) is 6.07 Å². The fourth-order valence-corrected chi connectivity index (χ4v) is 5.29. The Morgan fingerprint density at radius 1 is 1.33 bits per heavy atom. The van der Waals surface area contributed by atoms with E-state index in [-0.39, 0.29) is 64.0 Å². The number of carbonyl (C=O) groups is 2. The van der Waals surface area contributed by atoms with E-state index in [1.54, 1.807) is 18.2 Å². The summed E-state index contributed by atoms with van der Waals surface area (Å²) in [5.41, 5.74) is 0.468. The number of nitriles is 1. The Labute approximate surface area is 225 Å². The van der Waals surface area contributed by atoms with Crippen molar-refractivity contribution in [3.63, 3.8) is 0 Å². The van der Waals surface area contributed by atoms with Crippen LogP contribution in [0.25, 0.3) is 0 Å². The monoisotopic (exact) mass is 549 g/mol. The first-order valence-electron chi connectivity index (χ1n) is 11.2. The third-order valence-corrected chi connectivity index (χ3v) is 6.99. The van der Waals surface area contributed by atoms with Gasteiger partial charge in [-0.15, -0.1) is 12.4 Å². The van der Waals surface area contributed by atoms with Gasteiger partial charge in [-0.2, -0.15) is 5.26 Å². The van der Waals surface area contributed by atoms with Crippen LogP contribution in [-0.2, 0) is 15.1 Å². The van der Waals surface area contributed by atoms with Gasteiger partial charge in [0.25, 0.3) is 5.91 Å². The van der Waals surface area contributed by atoms with Gasteiger partial charge >= 0.3 is 0 Å². The molecule has 2 amide bonds. The number of nitrogens with zero attached hydrogens (tertiary/aromatic N) is 2. The summed E-state index contributed by atoms with van der Waals surface area (Å²) < 4.78 is 5.59. The fourth-order valence-electron chi connectivity index (χ4n) is 4.67. The number of hydrogen-bond donors (Lipinski definition) is 3. The molecule has 0 bridgehead atoms. The lowest BCUT2D eigenvalue weighted by molar-refractivity contribution is -0.134.